The van der Waals surface area contributed by atoms with Gasteiger partial charge in [0.15, 0.2) is 11.6 Å². The van der Waals surface area contributed by atoms with Gasteiger partial charge in [-0.05, 0) is 43.0 Å². The molecule has 1 aliphatic heterocycles. The standard InChI is InChI=1S/C36H33ClN8O6/c1-19(46)33-22-7-9-38-14-28(22)43(41-33)16-31(48)45-27(35(50)40-26-11-24(26)21-5-3-4-6-25(21)37)12-36(13-30(36)45)18-51-32(49)17-44-29-15-39-10-8-23(29)34(42-44)20(2)47/h3-10,14-15,24,26-27,30H,11-13,16-18H2,1-2H3,(H,40,50)/t24-,26+,27-,30+,36-/m0/s1. The van der Waals surface area contributed by atoms with E-state index < -0.39 is 17.4 Å². The highest BCUT2D eigenvalue weighted by Crippen LogP contribution is 2.60. The molecule has 51 heavy (non-hydrogen) atoms. The number of hydrogen-bond donors (Lipinski definition) is 1. The zero-order valence-electron chi connectivity index (χ0n) is 27.8. The molecule has 3 fully saturated rings. The first kappa shape index (κ1) is 32.7. The monoisotopic (exact) mass is 708 g/mol. The third-order valence-electron chi connectivity index (χ3n) is 10.3. The number of amides is 2. The van der Waals surface area contributed by atoms with E-state index in [0.717, 1.165) is 12.0 Å². The number of piperidine rings is 1. The Morgan fingerprint density at radius 2 is 1.51 bits per heavy atom. The number of pyridine rings is 2. The molecule has 14 nitrogen and oxygen atoms in total. The molecular weight excluding hydrogens is 676 g/mol. The molecule has 5 heterocycles. The second-order valence-electron chi connectivity index (χ2n) is 13.7. The number of carbonyl (C=O) groups is 5. The van der Waals surface area contributed by atoms with Crippen LogP contribution in [0.4, 0.5) is 0 Å². The maximum Gasteiger partial charge on any atom is 0.327 e. The second kappa shape index (κ2) is 12.4. The molecule has 1 aromatic carbocycles. The summed E-state index contributed by atoms with van der Waals surface area (Å²) < 4.78 is 8.63. The molecule has 4 aromatic heterocycles. The summed E-state index contributed by atoms with van der Waals surface area (Å²) in [6, 6.07) is 9.61. The number of rotatable bonds is 11. The molecule has 15 heteroatoms. The lowest BCUT2D eigenvalue weighted by molar-refractivity contribution is -0.146. The van der Waals surface area contributed by atoms with Gasteiger partial charge in [0.1, 0.15) is 30.5 Å². The predicted octanol–water partition coefficient (Wildman–Crippen LogP) is 3.51. The van der Waals surface area contributed by atoms with Crippen LogP contribution in [-0.4, -0.2) is 88.5 Å². The van der Waals surface area contributed by atoms with Crippen LogP contribution in [0.15, 0.2) is 61.2 Å². The molecule has 8 rings (SSSR count). The van der Waals surface area contributed by atoms with Crippen LogP contribution in [0.3, 0.4) is 0 Å². The summed E-state index contributed by atoms with van der Waals surface area (Å²) in [5.74, 6) is -1.61. The third kappa shape index (κ3) is 5.82. The van der Waals surface area contributed by atoms with E-state index in [0.29, 0.717) is 39.7 Å². The van der Waals surface area contributed by atoms with Gasteiger partial charge in [-0.25, -0.2) is 0 Å². The van der Waals surface area contributed by atoms with Gasteiger partial charge in [-0.15, -0.1) is 0 Å². The molecule has 5 aromatic rings. The van der Waals surface area contributed by atoms with E-state index in [-0.39, 0.29) is 72.5 Å². The van der Waals surface area contributed by atoms with Crippen LogP contribution < -0.4 is 5.32 Å². The van der Waals surface area contributed by atoms with E-state index >= 15 is 0 Å². The summed E-state index contributed by atoms with van der Waals surface area (Å²) in [6.07, 6.45) is 7.78. The molecule has 3 aliphatic rings. The predicted molar refractivity (Wildman–Crippen MR) is 183 cm³/mol. The Balaban J connectivity index is 1.01. The number of ether oxygens (including phenoxy) is 1. The van der Waals surface area contributed by atoms with Gasteiger partial charge in [0.2, 0.25) is 11.8 Å². The van der Waals surface area contributed by atoms with Crippen LogP contribution in [0.2, 0.25) is 5.02 Å². The first-order chi connectivity index (χ1) is 24.5. The Kier molecular flexibility index (Phi) is 7.93. The number of nitrogens with zero attached hydrogens (tertiary/aromatic N) is 7. The van der Waals surface area contributed by atoms with Crippen LogP contribution >= 0.6 is 11.6 Å². The summed E-state index contributed by atoms with van der Waals surface area (Å²) in [6.45, 7) is 2.36. The van der Waals surface area contributed by atoms with Crippen molar-refractivity contribution in [2.45, 2.75) is 70.2 Å². The number of halogens is 1. The molecule has 5 atom stereocenters. The number of hydrogen-bond acceptors (Lipinski definition) is 10. The number of esters is 1. The summed E-state index contributed by atoms with van der Waals surface area (Å²) in [7, 11) is 0. The lowest BCUT2D eigenvalue weighted by Crippen LogP contribution is -2.49. The van der Waals surface area contributed by atoms with Crippen LogP contribution in [0.5, 0.6) is 0 Å². The number of benzene rings is 1. The van der Waals surface area contributed by atoms with Crippen molar-refractivity contribution in [3.05, 3.63) is 83.2 Å². The first-order valence-corrected chi connectivity index (χ1v) is 17.1. The molecule has 0 bridgehead atoms. The van der Waals surface area contributed by atoms with Gasteiger partial charge in [0, 0.05) is 65.5 Å². The Labute approximate surface area is 296 Å². The van der Waals surface area contributed by atoms with E-state index in [9.17, 15) is 24.0 Å². The van der Waals surface area contributed by atoms with Crippen molar-refractivity contribution in [3.63, 3.8) is 0 Å². The topological polar surface area (TPSA) is 171 Å². The van der Waals surface area contributed by atoms with Gasteiger partial charge in [0.05, 0.1) is 30.0 Å². The highest BCUT2D eigenvalue weighted by Gasteiger charge is 2.68. The summed E-state index contributed by atoms with van der Waals surface area (Å²) in [4.78, 5) is 75.6. The average Bonchev–Trinajstić information content (AvgIpc) is 3.89. The molecule has 0 spiro atoms. The van der Waals surface area contributed by atoms with E-state index in [4.69, 9.17) is 16.3 Å². The Bertz CT molecular complexity index is 2280. The van der Waals surface area contributed by atoms with Gasteiger partial charge in [0.25, 0.3) is 0 Å². The maximum atomic E-state index is 14.1. The number of fused-ring (bicyclic) bond motifs is 3. The van der Waals surface area contributed by atoms with Gasteiger partial charge in [-0.1, -0.05) is 29.8 Å². The Morgan fingerprint density at radius 1 is 0.882 bits per heavy atom. The van der Waals surface area contributed by atoms with Crippen molar-refractivity contribution in [1.29, 1.82) is 0 Å². The highest BCUT2D eigenvalue weighted by atomic mass is 35.5. The molecule has 260 valence electrons. The number of likely N-dealkylation sites (tertiary alicyclic amines) is 1. The molecule has 0 unspecified atom stereocenters. The maximum absolute atomic E-state index is 14.1. The number of Topliss-reactive ketones (excluding diaryl/α,β-unsaturated/α-hetero) is 2. The highest BCUT2D eigenvalue weighted by molar-refractivity contribution is 6.31. The van der Waals surface area contributed by atoms with Crippen LogP contribution in [0.1, 0.15) is 65.6 Å². The van der Waals surface area contributed by atoms with E-state index in [1.165, 1.54) is 29.4 Å². The fourth-order valence-corrected chi connectivity index (χ4v) is 7.85. The van der Waals surface area contributed by atoms with Crippen molar-refractivity contribution >= 4 is 62.8 Å². The number of nitrogens with one attached hydrogen (secondary N) is 1. The summed E-state index contributed by atoms with van der Waals surface area (Å²) in [5, 5.41) is 13.7. The van der Waals surface area contributed by atoms with Gasteiger partial charge in [-0.3, -0.25) is 43.3 Å². The molecule has 2 amide bonds. The average molecular weight is 709 g/mol. The molecular formula is C36H33ClN8O6. The van der Waals surface area contributed by atoms with E-state index in [1.54, 1.807) is 35.6 Å². The third-order valence-corrected chi connectivity index (χ3v) is 10.6. The van der Waals surface area contributed by atoms with Crippen molar-refractivity contribution in [2.75, 3.05) is 6.61 Å². The van der Waals surface area contributed by atoms with E-state index in [2.05, 4.69) is 25.5 Å². The van der Waals surface area contributed by atoms with Crippen LogP contribution in [0, 0.1) is 5.41 Å². The molecule has 2 saturated carbocycles. The number of ketones is 2. The fraction of sp³-hybridized carbons (Fsp3) is 0.361. The van der Waals surface area contributed by atoms with Crippen molar-refractivity contribution in [3.8, 4) is 0 Å². The van der Waals surface area contributed by atoms with Gasteiger partial charge < -0.3 is 15.0 Å². The Hall–Kier alpha value is -5.50. The normalized spacial score (nSPS) is 23.2. The largest absolute Gasteiger partial charge is 0.464 e. The lowest BCUT2D eigenvalue weighted by Gasteiger charge is -2.27. The summed E-state index contributed by atoms with van der Waals surface area (Å²) in [5.41, 5.74) is 1.88. The Morgan fingerprint density at radius 3 is 2.14 bits per heavy atom. The smallest absolute Gasteiger partial charge is 0.327 e. The van der Waals surface area contributed by atoms with Crippen molar-refractivity contribution in [1.82, 2.24) is 39.7 Å². The van der Waals surface area contributed by atoms with E-state index in [1.807, 2.05) is 24.3 Å². The van der Waals surface area contributed by atoms with Crippen LogP contribution in [-0.2, 0) is 32.2 Å². The SMILES string of the molecule is CC(=O)c1nn(CC(=O)OC[C@@]23C[C@@H](C(=O)N[C@@H]4C[C@H]4c4ccccc4Cl)N(C(=O)Cn4nc(C(C)=O)c5ccncc54)[C@@H]2C3)c2cnccc12. The molecule has 1 saturated heterocycles. The molecule has 1 N–H and O–H groups in total. The second-order valence-corrected chi connectivity index (χ2v) is 14.1. The number of carbonyl (C=O) groups excluding carboxylic acids is 5. The fourth-order valence-electron chi connectivity index (χ4n) is 7.58. The van der Waals surface area contributed by atoms with Gasteiger partial charge >= 0.3 is 5.97 Å². The quantitative estimate of drug-likeness (QED) is 0.158. The van der Waals surface area contributed by atoms with Crippen molar-refractivity contribution < 1.29 is 28.7 Å². The minimum absolute atomic E-state index is 0.00411. The van der Waals surface area contributed by atoms with Crippen LogP contribution in [0.25, 0.3) is 21.8 Å². The summed E-state index contributed by atoms with van der Waals surface area (Å²) >= 11 is 6.43. The molecule has 0 radical (unpaired) electrons. The lowest BCUT2D eigenvalue weighted by atomic mass is 10.00. The minimum Gasteiger partial charge on any atom is -0.464 e. The first-order valence-electron chi connectivity index (χ1n) is 16.7. The zero-order valence-corrected chi connectivity index (χ0v) is 28.5. The zero-order chi connectivity index (χ0) is 35.6. The molecule has 2 aliphatic carbocycles. The van der Waals surface area contributed by atoms with Crippen molar-refractivity contribution in [2.24, 2.45) is 5.41 Å². The minimum atomic E-state index is -0.811. The van der Waals surface area contributed by atoms with Gasteiger partial charge in [-0.2, -0.15) is 10.2 Å². The number of aromatic nitrogens is 6.